The van der Waals surface area contributed by atoms with E-state index < -0.39 is 0 Å². The van der Waals surface area contributed by atoms with Crippen molar-refractivity contribution in [2.24, 2.45) is 0 Å². The summed E-state index contributed by atoms with van der Waals surface area (Å²) in [6.07, 6.45) is 4.07. The van der Waals surface area contributed by atoms with Crippen molar-refractivity contribution in [1.29, 1.82) is 0 Å². The quantitative estimate of drug-likeness (QED) is 0.836. The van der Waals surface area contributed by atoms with Crippen molar-refractivity contribution in [2.75, 3.05) is 23.3 Å². The second-order valence-corrected chi connectivity index (χ2v) is 6.42. The summed E-state index contributed by atoms with van der Waals surface area (Å²) in [6.45, 7) is 1.02. The van der Waals surface area contributed by atoms with Gasteiger partial charge in [-0.25, -0.2) is 0 Å². The van der Waals surface area contributed by atoms with Crippen molar-refractivity contribution in [2.45, 2.75) is 24.5 Å². The number of thioether (sulfide) groups is 1. The molecule has 1 atom stereocenters. The average molecular weight is 301 g/mol. The van der Waals surface area contributed by atoms with E-state index in [4.69, 9.17) is 5.73 Å². The lowest BCUT2D eigenvalue weighted by Gasteiger charge is -2.22. The molecule has 1 unspecified atom stereocenters. The van der Waals surface area contributed by atoms with E-state index in [2.05, 4.69) is 33.0 Å². The summed E-state index contributed by atoms with van der Waals surface area (Å²) in [7, 11) is 0. The number of nitrogen functional groups attached to an aromatic ring is 1. The fourth-order valence-electron chi connectivity index (χ4n) is 1.87. The van der Waals surface area contributed by atoms with Crippen LogP contribution in [0, 0.1) is 0 Å². The summed E-state index contributed by atoms with van der Waals surface area (Å²) >= 11 is 5.54. The number of hydrogen-bond donors (Lipinski definition) is 2. The van der Waals surface area contributed by atoms with E-state index in [1.807, 2.05) is 18.2 Å². The summed E-state index contributed by atoms with van der Waals surface area (Å²) in [4.78, 5) is 0. The van der Waals surface area contributed by atoms with Crippen LogP contribution in [0.1, 0.15) is 19.3 Å². The Morgan fingerprint density at radius 1 is 1.44 bits per heavy atom. The summed E-state index contributed by atoms with van der Waals surface area (Å²) in [5.41, 5.74) is 7.78. The third-order valence-corrected chi connectivity index (χ3v) is 4.70. The van der Waals surface area contributed by atoms with Crippen LogP contribution in [0.15, 0.2) is 22.7 Å². The maximum atomic E-state index is 5.91. The molecule has 16 heavy (non-hydrogen) atoms. The summed E-state index contributed by atoms with van der Waals surface area (Å²) in [5.74, 6) is 1.31. The second kappa shape index (κ2) is 5.82. The van der Waals surface area contributed by atoms with Gasteiger partial charge in [-0.3, -0.25) is 0 Å². The van der Waals surface area contributed by atoms with Gasteiger partial charge in [0.15, 0.2) is 0 Å². The van der Waals surface area contributed by atoms with Gasteiger partial charge in [0.1, 0.15) is 0 Å². The van der Waals surface area contributed by atoms with Gasteiger partial charge < -0.3 is 11.1 Å². The molecule has 2 nitrogen and oxygen atoms in total. The molecule has 0 spiro atoms. The Morgan fingerprint density at radius 2 is 2.31 bits per heavy atom. The number of rotatable bonds is 3. The first-order chi connectivity index (χ1) is 7.75. The van der Waals surface area contributed by atoms with Crippen molar-refractivity contribution in [3.63, 3.8) is 0 Å². The van der Waals surface area contributed by atoms with Gasteiger partial charge in [-0.1, -0.05) is 22.4 Å². The molecule has 3 N–H and O–H groups in total. The molecule has 1 saturated heterocycles. The first-order valence-corrected chi connectivity index (χ1v) is 7.50. The highest BCUT2D eigenvalue weighted by Crippen LogP contribution is 2.27. The van der Waals surface area contributed by atoms with Crippen LogP contribution in [-0.4, -0.2) is 17.5 Å². The van der Waals surface area contributed by atoms with Crippen LogP contribution in [0.25, 0.3) is 0 Å². The Hall–Kier alpha value is -0.350. The van der Waals surface area contributed by atoms with Crippen molar-refractivity contribution < 1.29 is 0 Å². The van der Waals surface area contributed by atoms with E-state index in [-0.39, 0.29) is 0 Å². The van der Waals surface area contributed by atoms with E-state index in [1.165, 1.54) is 25.0 Å². The molecule has 1 heterocycles. The largest absolute Gasteiger partial charge is 0.397 e. The summed E-state index contributed by atoms with van der Waals surface area (Å²) < 4.78 is 1.07. The molecule has 1 aliphatic rings. The predicted octanol–water partition coefficient (Wildman–Crippen LogP) is 3.73. The van der Waals surface area contributed by atoms with Crippen LogP contribution in [0.3, 0.4) is 0 Å². The van der Waals surface area contributed by atoms with E-state index in [0.717, 1.165) is 27.6 Å². The first kappa shape index (κ1) is 12.1. The van der Waals surface area contributed by atoms with Crippen LogP contribution in [0.2, 0.25) is 0 Å². The van der Waals surface area contributed by atoms with E-state index in [1.54, 1.807) is 0 Å². The van der Waals surface area contributed by atoms with E-state index >= 15 is 0 Å². The predicted molar refractivity (Wildman–Crippen MR) is 77.1 cm³/mol. The number of anilines is 2. The fraction of sp³-hybridized carbons (Fsp3) is 0.500. The Kier molecular flexibility index (Phi) is 4.41. The van der Waals surface area contributed by atoms with Crippen LogP contribution in [0.4, 0.5) is 11.4 Å². The van der Waals surface area contributed by atoms with Crippen LogP contribution >= 0.6 is 27.7 Å². The number of hydrogen-bond acceptors (Lipinski definition) is 3. The van der Waals surface area contributed by atoms with Gasteiger partial charge in [0.25, 0.3) is 0 Å². The minimum atomic E-state index is 0.743. The van der Waals surface area contributed by atoms with Crippen molar-refractivity contribution in [1.82, 2.24) is 0 Å². The zero-order valence-electron chi connectivity index (χ0n) is 9.21. The minimum Gasteiger partial charge on any atom is -0.397 e. The van der Waals surface area contributed by atoms with Crippen molar-refractivity contribution in [3.05, 3.63) is 22.7 Å². The Bertz CT molecular complexity index is 351. The molecule has 1 fully saturated rings. The molecule has 0 amide bonds. The molecule has 1 aromatic carbocycles. The van der Waals surface area contributed by atoms with Crippen LogP contribution < -0.4 is 11.1 Å². The molecule has 2 rings (SSSR count). The zero-order chi connectivity index (χ0) is 11.4. The maximum absolute atomic E-state index is 5.91. The number of nitrogens with one attached hydrogen (secondary N) is 1. The lowest BCUT2D eigenvalue weighted by atomic mass is 10.2. The Labute approximate surface area is 109 Å². The molecular weight excluding hydrogens is 284 g/mol. The lowest BCUT2D eigenvalue weighted by Crippen LogP contribution is -2.20. The monoisotopic (exact) mass is 300 g/mol. The Balaban J connectivity index is 1.90. The second-order valence-electron chi connectivity index (χ2n) is 4.10. The summed E-state index contributed by atoms with van der Waals surface area (Å²) in [6, 6.07) is 5.94. The highest BCUT2D eigenvalue weighted by atomic mass is 79.9. The molecule has 0 saturated carbocycles. The standard InChI is InChI=1S/C12H17BrN2S/c13-9-4-5-11(14)12(7-9)15-8-10-3-1-2-6-16-10/h4-5,7,10,15H,1-3,6,8,14H2. The minimum absolute atomic E-state index is 0.743. The maximum Gasteiger partial charge on any atom is 0.0585 e. The molecule has 1 aliphatic heterocycles. The number of halogens is 1. The topological polar surface area (TPSA) is 38.0 Å². The molecule has 0 aliphatic carbocycles. The SMILES string of the molecule is Nc1ccc(Br)cc1NCC1CCCCS1. The lowest BCUT2D eigenvalue weighted by molar-refractivity contribution is 0.677. The molecule has 4 heteroatoms. The normalized spacial score (nSPS) is 20.7. The average Bonchev–Trinajstić information content (AvgIpc) is 2.32. The van der Waals surface area contributed by atoms with Crippen LogP contribution in [-0.2, 0) is 0 Å². The van der Waals surface area contributed by atoms with Crippen molar-refractivity contribution in [3.8, 4) is 0 Å². The first-order valence-electron chi connectivity index (χ1n) is 5.66. The van der Waals surface area contributed by atoms with Gasteiger partial charge in [0, 0.05) is 16.3 Å². The highest BCUT2D eigenvalue weighted by Gasteiger charge is 2.13. The number of nitrogens with two attached hydrogens (primary N) is 1. The zero-order valence-corrected chi connectivity index (χ0v) is 11.6. The smallest absolute Gasteiger partial charge is 0.0585 e. The fourth-order valence-corrected chi connectivity index (χ4v) is 3.47. The molecule has 0 radical (unpaired) electrons. The van der Waals surface area contributed by atoms with Crippen molar-refractivity contribution >= 4 is 39.1 Å². The van der Waals surface area contributed by atoms with Gasteiger partial charge in [-0.05, 0) is 36.8 Å². The van der Waals surface area contributed by atoms with Gasteiger partial charge in [-0.2, -0.15) is 11.8 Å². The van der Waals surface area contributed by atoms with Gasteiger partial charge >= 0.3 is 0 Å². The number of benzene rings is 1. The molecule has 88 valence electrons. The third kappa shape index (κ3) is 3.32. The highest BCUT2D eigenvalue weighted by molar-refractivity contribution is 9.10. The van der Waals surface area contributed by atoms with E-state index in [9.17, 15) is 0 Å². The van der Waals surface area contributed by atoms with Crippen LogP contribution in [0.5, 0.6) is 0 Å². The molecule has 1 aromatic rings. The molecule has 0 bridgehead atoms. The summed E-state index contributed by atoms with van der Waals surface area (Å²) in [5, 5.41) is 4.19. The van der Waals surface area contributed by atoms with Gasteiger partial charge in [0.05, 0.1) is 11.4 Å². The molecule has 0 aromatic heterocycles. The third-order valence-electron chi connectivity index (χ3n) is 2.81. The van der Waals surface area contributed by atoms with E-state index in [0.29, 0.717) is 0 Å². The van der Waals surface area contributed by atoms with Gasteiger partial charge in [-0.15, -0.1) is 0 Å². The Morgan fingerprint density at radius 3 is 3.06 bits per heavy atom. The van der Waals surface area contributed by atoms with Gasteiger partial charge in [0.2, 0.25) is 0 Å². The molecular formula is C12H17BrN2S.